The van der Waals surface area contributed by atoms with Gasteiger partial charge in [0.15, 0.2) is 0 Å². The standard InChI is InChI=1S/C18H26O3/c1-4-17(19)21-16-8-6-7-13-18(16,3)14-9-11-15(12-10-14)20-5-2/h9-12,16H,4-8,13H2,1-3H3. The number of esters is 1. The molecule has 2 rings (SSSR count). The molecule has 1 saturated carbocycles. The first-order chi connectivity index (χ1) is 10.1. The summed E-state index contributed by atoms with van der Waals surface area (Å²) >= 11 is 0. The van der Waals surface area contributed by atoms with Crippen LogP contribution in [0.15, 0.2) is 24.3 Å². The van der Waals surface area contributed by atoms with Crippen molar-refractivity contribution in [3.63, 3.8) is 0 Å². The quantitative estimate of drug-likeness (QED) is 0.761. The maximum absolute atomic E-state index is 11.7. The van der Waals surface area contributed by atoms with Gasteiger partial charge >= 0.3 is 5.97 Å². The minimum Gasteiger partial charge on any atom is -0.494 e. The first-order valence-electron chi connectivity index (χ1n) is 8.03. The number of rotatable bonds is 5. The van der Waals surface area contributed by atoms with Gasteiger partial charge in [0.05, 0.1) is 6.61 Å². The van der Waals surface area contributed by atoms with Crippen LogP contribution in [0.4, 0.5) is 0 Å². The summed E-state index contributed by atoms with van der Waals surface area (Å²) in [6, 6.07) is 8.25. The Bertz CT molecular complexity index is 466. The van der Waals surface area contributed by atoms with E-state index in [0.29, 0.717) is 13.0 Å². The molecule has 0 amide bonds. The highest BCUT2D eigenvalue weighted by Crippen LogP contribution is 2.41. The van der Waals surface area contributed by atoms with Gasteiger partial charge in [-0.1, -0.05) is 32.4 Å². The van der Waals surface area contributed by atoms with Gasteiger partial charge in [0.2, 0.25) is 0 Å². The van der Waals surface area contributed by atoms with Gasteiger partial charge in [-0.2, -0.15) is 0 Å². The summed E-state index contributed by atoms with van der Waals surface area (Å²) in [4.78, 5) is 11.7. The molecule has 0 saturated heterocycles. The Kier molecular flexibility index (Phi) is 5.27. The average Bonchev–Trinajstić information content (AvgIpc) is 2.50. The fraction of sp³-hybridized carbons (Fsp3) is 0.611. The second-order valence-corrected chi connectivity index (χ2v) is 5.95. The Labute approximate surface area is 127 Å². The van der Waals surface area contributed by atoms with E-state index in [2.05, 4.69) is 19.1 Å². The lowest BCUT2D eigenvalue weighted by molar-refractivity contribution is -0.154. The molecular formula is C18H26O3. The van der Waals surface area contributed by atoms with E-state index in [1.165, 1.54) is 12.0 Å². The summed E-state index contributed by atoms with van der Waals surface area (Å²) in [6.45, 7) is 6.72. The van der Waals surface area contributed by atoms with E-state index in [0.717, 1.165) is 25.0 Å². The maximum atomic E-state index is 11.7. The molecule has 3 nitrogen and oxygen atoms in total. The smallest absolute Gasteiger partial charge is 0.305 e. The van der Waals surface area contributed by atoms with Crippen LogP contribution in [0.1, 0.15) is 58.4 Å². The van der Waals surface area contributed by atoms with Crippen LogP contribution in [0.25, 0.3) is 0 Å². The normalized spacial score (nSPS) is 25.4. The highest BCUT2D eigenvalue weighted by Gasteiger charge is 2.40. The van der Waals surface area contributed by atoms with Crippen LogP contribution >= 0.6 is 0 Å². The van der Waals surface area contributed by atoms with Gasteiger partial charge in [-0.15, -0.1) is 0 Å². The number of benzene rings is 1. The fourth-order valence-electron chi connectivity index (χ4n) is 3.16. The number of ether oxygens (including phenoxy) is 2. The van der Waals surface area contributed by atoms with E-state index in [1.807, 2.05) is 26.0 Å². The fourth-order valence-corrected chi connectivity index (χ4v) is 3.16. The summed E-state index contributed by atoms with van der Waals surface area (Å²) in [5.41, 5.74) is 1.15. The number of carbonyl (C=O) groups is 1. The molecule has 116 valence electrons. The third-order valence-corrected chi connectivity index (χ3v) is 4.51. The van der Waals surface area contributed by atoms with Crippen LogP contribution in [-0.4, -0.2) is 18.7 Å². The van der Waals surface area contributed by atoms with Gasteiger partial charge < -0.3 is 9.47 Å². The summed E-state index contributed by atoms with van der Waals surface area (Å²) in [7, 11) is 0. The lowest BCUT2D eigenvalue weighted by Crippen LogP contribution is -2.42. The van der Waals surface area contributed by atoms with Crippen LogP contribution in [0.2, 0.25) is 0 Å². The largest absolute Gasteiger partial charge is 0.494 e. The molecule has 1 aliphatic carbocycles. The molecule has 1 fully saturated rings. The molecule has 0 spiro atoms. The molecule has 2 atom stereocenters. The van der Waals surface area contributed by atoms with E-state index in [1.54, 1.807) is 0 Å². The zero-order chi connectivity index (χ0) is 15.3. The molecule has 0 N–H and O–H groups in total. The Morgan fingerprint density at radius 1 is 1.24 bits per heavy atom. The maximum Gasteiger partial charge on any atom is 0.305 e. The molecule has 0 bridgehead atoms. The van der Waals surface area contributed by atoms with Crippen LogP contribution in [-0.2, 0) is 14.9 Å². The Morgan fingerprint density at radius 3 is 2.57 bits per heavy atom. The third-order valence-electron chi connectivity index (χ3n) is 4.51. The summed E-state index contributed by atoms with van der Waals surface area (Å²) in [6.07, 6.45) is 4.75. The summed E-state index contributed by atoms with van der Waals surface area (Å²) in [5, 5.41) is 0. The van der Waals surface area contributed by atoms with Crippen molar-refractivity contribution in [2.45, 2.75) is 64.4 Å². The lowest BCUT2D eigenvalue weighted by atomic mass is 9.69. The van der Waals surface area contributed by atoms with E-state index in [-0.39, 0.29) is 17.5 Å². The van der Waals surface area contributed by atoms with Gasteiger partial charge in [-0.05, 0) is 43.9 Å². The molecule has 0 radical (unpaired) electrons. The average molecular weight is 290 g/mol. The van der Waals surface area contributed by atoms with Crippen molar-refractivity contribution in [1.82, 2.24) is 0 Å². The number of hydrogen-bond acceptors (Lipinski definition) is 3. The van der Waals surface area contributed by atoms with Crippen LogP contribution < -0.4 is 4.74 Å². The molecule has 1 aliphatic rings. The van der Waals surface area contributed by atoms with E-state index in [9.17, 15) is 4.79 Å². The number of hydrogen-bond donors (Lipinski definition) is 0. The summed E-state index contributed by atoms with van der Waals surface area (Å²) in [5.74, 6) is 0.793. The van der Waals surface area contributed by atoms with Gasteiger partial charge in [0, 0.05) is 11.8 Å². The molecule has 3 heteroatoms. The van der Waals surface area contributed by atoms with E-state index < -0.39 is 0 Å². The summed E-state index contributed by atoms with van der Waals surface area (Å²) < 4.78 is 11.2. The molecule has 1 aromatic carbocycles. The lowest BCUT2D eigenvalue weighted by Gasteiger charge is -2.41. The van der Waals surface area contributed by atoms with Crippen molar-refractivity contribution in [2.75, 3.05) is 6.61 Å². The molecule has 21 heavy (non-hydrogen) atoms. The van der Waals surface area contributed by atoms with Gasteiger partial charge in [-0.3, -0.25) is 4.79 Å². The monoisotopic (exact) mass is 290 g/mol. The zero-order valence-electron chi connectivity index (χ0n) is 13.4. The predicted octanol–water partition coefficient (Wildman–Crippen LogP) is 4.24. The molecule has 2 unspecified atom stereocenters. The molecule has 0 aromatic heterocycles. The SMILES string of the molecule is CCOc1ccc(C2(C)CCCCC2OC(=O)CC)cc1. The van der Waals surface area contributed by atoms with Crippen molar-refractivity contribution in [3.05, 3.63) is 29.8 Å². The minimum absolute atomic E-state index is 0.0170. The second kappa shape index (κ2) is 6.97. The topological polar surface area (TPSA) is 35.5 Å². The zero-order valence-corrected chi connectivity index (χ0v) is 13.4. The Balaban J connectivity index is 2.21. The second-order valence-electron chi connectivity index (χ2n) is 5.95. The number of carbonyl (C=O) groups excluding carboxylic acids is 1. The first-order valence-corrected chi connectivity index (χ1v) is 8.03. The molecule has 1 aromatic rings. The van der Waals surface area contributed by atoms with E-state index >= 15 is 0 Å². The minimum atomic E-state index is -0.0981. The van der Waals surface area contributed by atoms with Gasteiger partial charge in [-0.25, -0.2) is 0 Å². The van der Waals surface area contributed by atoms with Crippen molar-refractivity contribution in [2.24, 2.45) is 0 Å². The Hall–Kier alpha value is -1.51. The first kappa shape index (κ1) is 15.9. The van der Waals surface area contributed by atoms with Crippen molar-refractivity contribution in [3.8, 4) is 5.75 Å². The van der Waals surface area contributed by atoms with Crippen molar-refractivity contribution in [1.29, 1.82) is 0 Å². The highest BCUT2D eigenvalue weighted by atomic mass is 16.5. The molecule has 0 heterocycles. The Morgan fingerprint density at radius 2 is 1.95 bits per heavy atom. The predicted molar refractivity (Wildman–Crippen MR) is 83.6 cm³/mol. The van der Waals surface area contributed by atoms with Gasteiger partial charge in [0.1, 0.15) is 11.9 Å². The van der Waals surface area contributed by atoms with Gasteiger partial charge in [0.25, 0.3) is 0 Å². The van der Waals surface area contributed by atoms with Crippen LogP contribution in [0.3, 0.4) is 0 Å². The molecule has 0 aliphatic heterocycles. The van der Waals surface area contributed by atoms with E-state index in [4.69, 9.17) is 9.47 Å². The van der Waals surface area contributed by atoms with Crippen molar-refractivity contribution >= 4 is 5.97 Å². The molecular weight excluding hydrogens is 264 g/mol. The van der Waals surface area contributed by atoms with Crippen LogP contribution in [0, 0.1) is 0 Å². The highest BCUT2D eigenvalue weighted by molar-refractivity contribution is 5.69. The van der Waals surface area contributed by atoms with Crippen LogP contribution in [0.5, 0.6) is 5.75 Å². The van der Waals surface area contributed by atoms with Crippen molar-refractivity contribution < 1.29 is 14.3 Å². The third kappa shape index (κ3) is 3.58.